The van der Waals surface area contributed by atoms with Crippen LogP contribution in [0.1, 0.15) is 60.9 Å². The predicted molar refractivity (Wildman–Crippen MR) is 151 cm³/mol. The Labute approximate surface area is 223 Å². The number of carbonyl (C=O) groups excluding carboxylic acids is 1. The molecule has 0 fully saturated rings. The van der Waals surface area contributed by atoms with Gasteiger partial charge in [-0.25, -0.2) is 9.97 Å². The molecule has 4 aromatic rings. The molecule has 3 aromatic heterocycles. The monoisotopic (exact) mass is 518 g/mol. The molecule has 0 atom stereocenters. The number of nitrogens with zero attached hydrogens (tertiary/aromatic N) is 5. The van der Waals surface area contributed by atoms with Crippen LogP contribution in [0.4, 0.5) is 5.69 Å². The molecule has 0 saturated heterocycles. The number of halogens is 1. The zero-order chi connectivity index (χ0) is 26.5. The Kier molecular flexibility index (Phi) is 8.44. The fourth-order valence-electron chi connectivity index (χ4n) is 4.47. The number of aryl methyl sites for hydroxylation is 2. The molecule has 3 heterocycles. The first-order valence-corrected chi connectivity index (χ1v) is 13.3. The van der Waals surface area contributed by atoms with E-state index < -0.39 is 0 Å². The second-order valence-electron chi connectivity index (χ2n) is 9.27. The lowest BCUT2D eigenvalue weighted by atomic mass is 10.0. The van der Waals surface area contributed by atoms with Crippen molar-refractivity contribution in [3.05, 3.63) is 70.1 Å². The molecule has 7 nitrogen and oxygen atoms in total. The summed E-state index contributed by atoms with van der Waals surface area (Å²) >= 11 is 6.33. The van der Waals surface area contributed by atoms with Crippen molar-refractivity contribution in [1.82, 2.24) is 24.6 Å². The highest BCUT2D eigenvalue weighted by Crippen LogP contribution is 2.29. The van der Waals surface area contributed by atoms with E-state index >= 15 is 0 Å². The molecule has 1 amide bonds. The summed E-state index contributed by atoms with van der Waals surface area (Å²) in [5.41, 5.74) is 6.78. The topological polar surface area (TPSA) is 75.9 Å². The van der Waals surface area contributed by atoms with Gasteiger partial charge in [0.2, 0.25) is 0 Å². The number of hydrogen-bond donors (Lipinski definition) is 1. The van der Waals surface area contributed by atoms with E-state index in [4.69, 9.17) is 21.6 Å². The van der Waals surface area contributed by atoms with Crippen molar-refractivity contribution < 1.29 is 4.79 Å². The molecule has 0 unspecified atom stereocenters. The van der Waals surface area contributed by atoms with Gasteiger partial charge in [-0.3, -0.25) is 9.48 Å². The van der Waals surface area contributed by atoms with Crippen molar-refractivity contribution in [3.63, 3.8) is 0 Å². The predicted octanol–water partition coefficient (Wildman–Crippen LogP) is 6.52. The zero-order valence-electron chi connectivity index (χ0n) is 22.3. The maximum Gasteiger partial charge on any atom is 0.254 e. The molecule has 0 aliphatic heterocycles. The molecule has 1 aromatic carbocycles. The number of nitrogens with one attached hydrogen (secondary N) is 1. The number of rotatable bonds is 10. The summed E-state index contributed by atoms with van der Waals surface area (Å²) in [7, 11) is 1.81. The highest BCUT2D eigenvalue weighted by molar-refractivity contribution is 6.31. The van der Waals surface area contributed by atoms with Gasteiger partial charge in [0, 0.05) is 48.3 Å². The second-order valence-corrected chi connectivity index (χ2v) is 9.71. The molecule has 37 heavy (non-hydrogen) atoms. The van der Waals surface area contributed by atoms with Crippen LogP contribution in [0.15, 0.2) is 42.6 Å². The van der Waals surface area contributed by atoms with Gasteiger partial charge in [0.15, 0.2) is 0 Å². The minimum absolute atomic E-state index is 0.104. The Morgan fingerprint density at radius 3 is 2.59 bits per heavy atom. The minimum Gasteiger partial charge on any atom is -0.384 e. The van der Waals surface area contributed by atoms with Gasteiger partial charge in [0.05, 0.1) is 40.0 Å². The Hall–Kier alpha value is -3.45. The smallest absolute Gasteiger partial charge is 0.254 e. The number of pyridine rings is 2. The lowest BCUT2D eigenvalue weighted by Crippen LogP contribution is -2.27. The van der Waals surface area contributed by atoms with E-state index in [1.165, 1.54) is 0 Å². The summed E-state index contributed by atoms with van der Waals surface area (Å²) < 4.78 is 1.94. The molecule has 4 rings (SSSR count). The largest absolute Gasteiger partial charge is 0.384 e. The van der Waals surface area contributed by atoms with Crippen LogP contribution < -0.4 is 5.32 Å². The second kappa shape index (κ2) is 11.7. The van der Waals surface area contributed by atoms with Gasteiger partial charge < -0.3 is 10.2 Å². The fraction of sp³-hybridized carbons (Fsp3) is 0.379. The number of unbranched alkanes of at least 4 members (excludes halogenated alkanes) is 1. The Bertz CT molecular complexity index is 1410. The van der Waals surface area contributed by atoms with Crippen molar-refractivity contribution in [2.24, 2.45) is 0 Å². The van der Waals surface area contributed by atoms with Gasteiger partial charge in [0.25, 0.3) is 5.91 Å². The number of hydrogen-bond acceptors (Lipinski definition) is 5. The van der Waals surface area contributed by atoms with Crippen molar-refractivity contribution in [3.8, 4) is 11.4 Å². The maximum absolute atomic E-state index is 13.8. The van der Waals surface area contributed by atoms with Crippen LogP contribution in [0.2, 0.25) is 5.02 Å². The molecular formula is C29H35ClN6O. The molecule has 194 valence electrons. The van der Waals surface area contributed by atoms with Crippen LogP contribution >= 0.6 is 11.6 Å². The van der Waals surface area contributed by atoms with Crippen LogP contribution in [-0.4, -0.2) is 44.1 Å². The highest BCUT2D eigenvalue weighted by Gasteiger charge is 2.20. The minimum atomic E-state index is -0.104. The molecular weight excluding hydrogens is 484 g/mol. The van der Waals surface area contributed by atoms with Crippen molar-refractivity contribution in [2.75, 3.05) is 18.9 Å². The lowest BCUT2D eigenvalue weighted by Gasteiger charge is -2.19. The average molecular weight is 519 g/mol. The van der Waals surface area contributed by atoms with Crippen LogP contribution in [0.3, 0.4) is 0 Å². The molecule has 0 aliphatic rings. The van der Waals surface area contributed by atoms with Gasteiger partial charge >= 0.3 is 0 Å². The molecule has 8 heteroatoms. The van der Waals surface area contributed by atoms with E-state index in [1.807, 2.05) is 43.0 Å². The normalized spacial score (nSPS) is 11.2. The van der Waals surface area contributed by atoms with E-state index in [-0.39, 0.29) is 5.91 Å². The molecule has 0 saturated carbocycles. The SMILES string of the molecule is CCCCNc1ccc(-c2cc(C(=O)N(C)Cc3cnn(CC)c3C)c3cc(Cl)ccc3n2)nc1CC. The van der Waals surface area contributed by atoms with Crippen molar-refractivity contribution >= 4 is 34.1 Å². The van der Waals surface area contributed by atoms with Crippen LogP contribution in [0, 0.1) is 6.92 Å². The number of carbonyl (C=O) groups is 1. The molecule has 1 N–H and O–H groups in total. The number of benzene rings is 1. The maximum atomic E-state index is 13.8. The summed E-state index contributed by atoms with van der Waals surface area (Å²) in [5.74, 6) is -0.104. The van der Waals surface area contributed by atoms with Crippen molar-refractivity contribution in [2.45, 2.75) is 60.0 Å². The number of amides is 1. The van der Waals surface area contributed by atoms with Crippen molar-refractivity contribution in [1.29, 1.82) is 0 Å². The fourth-order valence-corrected chi connectivity index (χ4v) is 4.64. The first-order valence-electron chi connectivity index (χ1n) is 13.0. The summed E-state index contributed by atoms with van der Waals surface area (Å²) in [6.45, 7) is 10.5. The van der Waals surface area contributed by atoms with Crippen LogP contribution in [-0.2, 0) is 19.5 Å². The Morgan fingerprint density at radius 2 is 1.89 bits per heavy atom. The number of anilines is 1. The summed E-state index contributed by atoms with van der Waals surface area (Å²) in [6.07, 6.45) is 4.88. The Morgan fingerprint density at radius 1 is 1.08 bits per heavy atom. The van der Waals surface area contributed by atoms with E-state index in [0.29, 0.717) is 28.3 Å². The van der Waals surface area contributed by atoms with E-state index in [1.54, 1.807) is 17.0 Å². The van der Waals surface area contributed by atoms with E-state index in [2.05, 4.69) is 37.3 Å². The van der Waals surface area contributed by atoms with Gasteiger partial charge in [-0.15, -0.1) is 0 Å². The summed E-state index contributed by atoms with van der Waals surface area (Å²) in [4.78, 5) is 25.3. The third-order valence-corrected chi connectivity index (χ3v) is 6.91. The Balaban J connectivity index is 1.73. The van der Waals surface area contributed by atoms with E-state index in [0.717, 1.165) is 66.1 Å². The van der Waals surface area contributed by atoms with Gasteiger partial charge in [-0.1, -0.05) is 31.9 Å². The third-order valence-electron chi connectivity index (χ3n) is 6.68. The van der Waals surface area contributed by atoms with Crippen LogP contribution in [0.25, 0.3) is 22.3 Å². The van der Waals surface area contributed by atoms with Crippen LogP contribution in [0.5, 0.6) is 0 Å². The quantitative estimate of drug-likeness (QED) is 0.242. The standard InChI is InChI=1S/C29H35ClN6O/c1-6-9-14-31-26-12-13-27(33-24(26)7-2)28-16-23(22-15-21(30)10-11-25(22)34-28)29(37)35(5)18-20-17-32-36(8-3)19(20)4/h10-13,15-17,31H,6-9,14,18H2,1-5H3. The molecule has 0 aliphatic carbocycles. The molecule has 0 bridgehead atoms. The first kappa shape index (κ1) is 26.6. The average Bonchev–Trinajstić information content (AvgIpc) is 3.26. The van der Waals surface area contributed by atoms with Gasteiger partial charge in [-0.05, 0) is 63.1 Å². The summed E-state index contributed by atoms with van der Waals surface area (Å²) in [5, 5.41) is 9.20. The van der Waals surface area contributed by atoms with E-state index in [9.17, 15) is 4.79 Å². The van der Waals surface area contributed by atoms with Gasteiger partial charge in [0.1, 0.15) is 0 Å². The number of aromatic nitrogens is 4. The van der Waals surface area contributed by atoms with Gasteiger partial charge in [-0.2, -0.15) is 5.10 Å². The third kappa shape index (κ3) is 5.77. The molecule has 0 radical (unpaired) electrons. The zero-order valence-corrected chi connectivity index (χ0v) is 23.1. The first-order chi connectivity index (χ1) is 17.9. The summed E-state index contributed by atoms with van der Waals surface area (Å²) in [6, 6.07) is 11.3. The number of fused-ring (bicyclic) bond motifs is 1. The lowest BCUT2D eigenvalue weighted by molar-refractivity contribution is 0.0787. The highest BCUT2D eigenvalue weighted by atomic mass is 35.5. The molecule has 0 spiro atoms.